The fraction of sp³-hybridized carbons (Fsp3) is 0.188. The molecule has 22 heavy (non-hydrogen) atoms. The Labute approximate surface area is 128 Å². The lowest BCUT2D eigenvalue weighted by Gasteiger charge is -2.02. The molecular weight excluding hydrogens is 276 g/mol. The molecule has 0 aliphatic heterocycles. The number of hydrogen-bond donors (Lipinski definition) is 2. The lowest BCUT2D eigenvalue weighted by atomic mass is 10.1. The summed E-state index contributed by atoms with van der Waals surface area (Å²) in [6.07, 6.45) is 5.26. The summed E-state index contributed by atoms with van der Waals surface area (Å²) < 4.78 is 0. The van der Waals surface area contributed by atoms with E-state index in [1.165, 1.54) is 0 Å². The van der Waals surface area contributed by atoms with Crippen LogP contribution in [0.1, 0.15) is 5.56 Å². The fourth-order valence-corrected chi connectivity index (χ4v) is 2.18. The van der Waals surface area contributed by atoms with Crippen molar-refractivity contribution >= 4 is 17.0 Å². The zero-order valence-corrected chi connectivity index (χ0v) is 12.5. The molecule has 0 aliphatic rings. The Morgan fingerprint density at radius 3 is 2.82 bits per heavy atom. The number of anilines is 1. The van der Waals surface area contributed by atoms with Gasteiger partial charge in [-0.05, 0) is 26.2 Å². The molecule has 110 valence electrons. The van der Waals surface area contributed by atoms with Crippen molar-refractivity contribution in [2.24, 2.45) is 0 Å². The third-order valence-corrected chi connectivity index (χ3v) is 3.14. The van der Waals surface area contributed by atoms with Crippen LogP contribution in [0.5, 0.6) is 0 Å². The number of pyridine rings is 1. The van der Waals surface area contributed by atoms with Crippen LogP contribution in [0.2, 0.25) is 0 Å². The Bertz CT molecular complexity index is 869. The predicted octanol–water partition coefficient (Wildman–Crippen LogP) is 1.52. The van der Waals surface area contributed by atoms with Gasteiger partial charge in [-0.3, -0.25) is 4.90 Å². The summed E-state index contributed by atoms with van der Waals surface area (Å²) in [4.78, 5) is 17.7. The molecular formula is C16H16N6. The van der Waals surface area contributed by atoms with Gasteiger partial charge in [-0.15, -0.1) is 0 Å². The minimum atomic E-state index is 0.246. The molecule has 3 aromatic rings. The van der Waals surface area contributed by atoms with Crippen LogP contribution in [0.3, 0.4) is 0 Å². The maximum absolute atomic E-state index is 5.68. The van der Waals surface area contributed by atoms with Crippen LogP contribution in [0, 0.1) is 11.8 Å². The Kier molecular flexibility index (Phi) is 3.73. The minimum Gasteiger partial charge on any atom is -0.368 e. The molecule has 0 fully saturated rings. The van der Waals surface area contributed by atoms with Gasteiger partial charge in [0.25, 0.3) is 0 Å². The Morgan fingerprint density at radius 1 is 1.23 bits per heavy atom. The molecule has 0 saturated carbocycles. The monoisotopic (exact) mass is 292 g/mol. The van der Waals surface area contributed by atoms with Crippen LogP contribution in [0.15, 0.2) is 30.7 Å². The van der Waals surface area contributed by atoms with E-state index in [-0.39, 0.29) is 5.95 Å². The smallest absolute Gasteiger partial charge is 0.220 e. The van der Waals surface area contributed by atoms with E-state index < -0.39 is 0 Å². The van der Waals surface area contributed by atoms with Crippen LogP contribution >= 0.6 is 0 Å². The van der Waals surface area contributed by atoms with Gasteiger partial charge < -0.3 is 10.7 Å². The van der Waals surface area contributed by atoms with Crippen molar-refractivity contribution in [1.29, 1.82) is 0 Å². The van der Waals surface area contributed by atoms with Crippen molar-refractivity contribution in [2.45, 2.75) is 0 Å². The Hall–Kier alpha value is -2.91. The third-order valence-electron chi connectivity index (χ3n) is 3.14. The highest BCUT2D eigenvalue weighted by molar-refractivity contribution is 5.96. The number of nitrogens with zero attached hydrogens (tertiary/aromatic N) is 4. The summed E-state index contributed by atoms with van der Waals surface area (Å²) in [6, 6.07) is 3.73. The highest BCUT2D eigenvalue weighted by Gasteiger charge is 2.11. The van der Waals surface area contributed by atoms with Gasteiger partial charge in [0, 0.05) is 35.1 Å². The number of fused-ring (bicyclic) bond motifs is 1. The van der Waals surface area contributed by atoms with E-state index >= 15 is 0 Å². The van der Waals surface area contributed by atoms with E-state index in [0.717, 1.165) is 27.9 Å². The lowest BCUT2D eigenvalue weighted by Crippen LogP contribution is -2.10. The van der Waals surface area contributed by atoms with E-state index in [4.69, 9.17) is 5.73 Å². The van der Waals surface area contributed by atoms with Crippen LogP contribution in [-0.2, 0) is 0 Å². The van der Waals surface area contributed by atoms with Crippen molar-refractivity contribution in [3.05, 3.63) is 36.3 Å². The number of nitrogens with two attached hydrogens (primary N) is 1. The molecule has 3 N–H and O–H groups in total. The molecule has 0 aromatic carbocycles. The predicted molar refractivity (Wildman–Crippen MR) is 87.0 cm³/mol. The van der Waals surface area contributed by atoms with Crippen molar-refractivity contribution in [2.75, 3.05) is 26.4 Å². The molecule has 0 saturated heterocycles. The Morgan fingerprint density at radius 2 is 2.05 bits per heavy atom. The van der Waals surface area contributed by atoms with Crippen molar-refractivity contribution in [1.82, 2.24) is 24.8 Å². The summed E-state index contributed by atoms with van der Waals surface area (Å²) in [5.41, 5.74) is 9.05. The first-order valence-corrected chi connectivity index (χ1v) is 6.84. The maximum atomic E-state index is 5.68. The molecule has 0 spiro atoms. The molecule has 0 unspecified atom stereocenters. The normalized spacial score (nSPS) is 10.7. The summed E-state index contributed by atoms with van der Waals surface area (Å²) in [6.45, 7) is 0.698. The number of H-pyrrole nitrogens is 1. The number of rotatable bonds is 2. The number of aromatic nitrogens is 4. The first-order valence-electron chi connectivity index (χ1n) is 6.84. The SMILES string of the molecule is CN(C)CC#Cc1ccnc2[nH]cc(-c3ccnc(N)n3)c12. The number of nitrogen functional groups attached to an aromatic ring is 1. The molecule has 3 aromatic heterocycles. The van der Waals surface area contributed by atoms with E-state index in [9.17, 15) is 0 Å². The molecule has 6 heteroatoms. The molecule has 3 heterocycles. The topological polar surface area (TPSA) is 83.7 Å². The standard InChI is InChI=1S/C16H16N6/c1-22(2)9-3-4-11-5-7-18-15-14(11)12(10-20-15)13-6-8-19-16(17)21-13/h5-8,10H,9H2,1-2H3,(H,18,20)(H2,17,19,21). The van der Waals surface area contributed by atoms with E-state index in [1.807, 2.05) is 37.3 Å². The van der Waals surface area contributed by atoms with Crippen LogP contribution in [-0.4, -0.2) is 45.5 Å². The minimum absolute atomic E-state index is 0.246. The van der Waals surface area contributed by atoms with Crippen LogP contribution in [0.4, 0.5) is 5.95 Å². The van der Waals surface area contributed by atoms with Gasteiger partial charge in [0.2, 0.25) is 5.95 Å². The first-order chi connectivity index (χ1) is 10.6. The second-order valence-corrected chi connectivity index (χ2v) is 5.12. The van der Waals surface area contributed by atoms with Crippen LogP contribution in [0.25, 0.3) is 22.3 Å². The number of hydrogen-bond acceptors (Lipinski definition) is 5. The first kappa shape index (κ1) is 14.0. The summed E-state index contributed by atoms with van der Waals surface area (Å²) >= 11 is 0. The van der Waals surface area contributed by atoms with Gasteiger partial charge in [0.15, 0.2) is 0 Å². The number of nitrogens with one attached hydrogen (secondary N) is 1. The van der Waals surface area contributed by atoms with Crippen molar-refractivity contribution < 1.29 is 0 Å². The average Bonchev–Trinajstić information content (AvgIpc) is 2.92. The molecule has 0 radical (unpaired) electrons. The van der Waals surface area contributed by atoms with E-state index in [0.29, 0.717) is 6.54 Å². The van der Waals surface area contributed by atoms with Gasteiger partial charge in [0.05, 0.1) is 12.2 Å². The van der Waals surface area contributed by atoms with Gasteiger partial charge in [0.1, 0.15) is 5.65 Å². The average molecular weight is 292 g/mol. The van der Waals surface area contributed by atoms with Crippen molar-refractivity contribution in [3.8, 4) is 23.1 Å². The molecule has 6 nitrogen and oxygen atoms in total. The molecule has 0 aliphatic carbocycles. The Balaban J connectivity index is 2.14. The summed E-state index contributed by atoms with van der Waals surface area (Å²) in [5.74, 6) is 6.60. The second-order valence-electron chi connectivity index (χ2n) is 5.12. The maximum Gasteiger partial charge on any atom is 0.220 e. The molecule has 0 amide bonds. The van der Waals surface area contributed by atoms with Gasteiger partial charge >= 0.3 is 0 Å². The zero-order valence-electron chi connectivity index (χ0n) is 12.5. The molecule has 0 bridgehead atoms. The van der Waals surface area contributed by atoms with Crippen LogP contribution < -0.4 is 5.73 Å². The van der Waals surface area contributed by atoms with E-state index in [2.05, 4.69) is 31.8 Å². The second kappa shape index (κ2) is 5.84. The van der Waals surface area contributed by atoms with Crippen molar-refractivity contribution in [3.63, 3.8) is 0 Å². The quantitative estimate of drug-likeness (QED) is 0.700. The van der Waals surface area contributed by atoms with Gasteiger partial charge in [-0.1, -0.05) is 11.8 Å². The highest BCUT2D eigenvalue weighted by Crippen LogP contribution is 2.28. The lowest BCUT2D eigenvalue weighted by molar-refractivity contribution is 0.464. The largest absolute Gasteiger partial charge is 0.368 e. The number of aromatic amines is 1. The fourth-order valence-electron chi connectivity index (χ4n) is 2.18. The highest BCUT2D eigenvalue weighted by atomic mass is 15.0. The van der Waals surface area contributed by atoms with Gasteiger partial charge in [-0.2, -0.15) is 0 Å². The summed E-state index contributed by atoms with van der Waals surface area (Å²) in [5, 5.41) is 0.951. The molecule has 3 rings (SSSR count). The van der Waals surface area contributed by atoms with E-state index in [1.54, 1.807) is 12.4 Å². The molecule has 0 atom stereocenters. The third kappa shape index (κ3) is 2.75. The summed E-state index contributed by atoms with van der Waals surface area (Å²) in [7, 11) is 3.98. The van der Waals surface area contributed by atoms with Gasteiger partial charge in [-0.25, -0.2) is 15.0 Å². The zero-order chi connectivity index (χ0) is 15.5.